The first-order valence-corrected chi connectivity index (χ1v) is 9.87. The fraction of sp³-hybridized carbons (Fsp3) is 0.200. The molecular formula is C20H17Cl2NO3S. The summed E-state index contributed by atoms with van der Waals surface area (Å²) in [4.78, 5) is 26.2. The number of benzene rings is 2. The Kier molecular flexibility index (Phi) is 6.15. The third-order valence-electron chi connectivity index (χ3n) is 3.94. The maximum absolute atomic E-state index is 12.5. The molecule has 1 aliphatic heterocycles. The van der Waals surface area contributed by atoms with Crippen LogP contribution in [0.25, 0.3) is 6.08 Å². The molecule has 0 atom stereocenters. The molecule has 1 saturated heterocycles. The summed E-state index contributed by atoms with van der Waals surface area (Å²) in [6, 6.07) is 12.4. The van der Waals surface area contributed by atoms with Crippen LogP contribution in [0.2, 0.25) is 10.0 Å². The molecule has 1 aliphatic rings. The molecular weight excluding hydrogens is 405 g/mol. The van der Waals surface area contributed by atoms with Crippen LogP contribution in [0.1, 0.15) is 25.0 Å². The van der Waals surface area contributed by atoms with Gasteiger partial charge in [0.15, 0.2) is 0 Å². The number of hydrogen-bond donors (Lipinski definition) is 0. The topological polar surface area (TPSA) is 46.6 Å². The molecule has 0 spiro atoms. The van der Waals surface area contributed by atoms with Crippen LogP contribution in [0, 0.1) is 0 Å². The van der Waals surface area contributed by atoms with Crippen LogP contribution in [0.3, 0.4) is 0 Å². The normalized spacial score (nSPS) is 15.9. The van der Waals surface area contributed by atoms with E-state index >= 15 is 0 Å². The van der Waals surface area contributed by atoms with Crippen LogP contribution in [0.5, 0.6) is 5.75 Å². The highest BCUT2D eigenvalue weighted by atomic mass is 35.5. The zero-order valence-corrected chi connectivity index (χ0v) is 17.1. The molecule has 0 aliphatic carbocycles. The molecule has 2 aromatic carbocycles. The van der Waals surface area contributed by atoms with E-state index in [1.165, 1.54) is 4.90 Å². The Hall–Kier alpha value is -1.95. The number of thioether (sulfide) groups is 1. The first-order valence-electron chi connectivity index (χ1n) is 8.29. The minimum absolute atomic E-state index is 0.179. The molecule has 2 aromatic rings. The van der Waals surface area contributed by atoms with E-state index in [0.717, 1.165) is 22.9 Å². The summed E-state index contributed by atoms with van der Waals surface area (Å²) in [7, 11) is 0. The summed E-state index contributed by atoms with van der Waals surface area (Å²) < 4.78 is 5.90. The fourth-order valence-electron chi connectivity index (χ4n) is 2.59. The Morgan fingerprint density at radius 2 is 1.89 bits per heavy atom. The van der Waals surface area contributed by atoms with Gasteiger partial charge in [0, 0.05) is 27.2 Å². The van der Waals surface area contributed by atoms with Crippen molar-refractivity contribution in [2.24, 2.45) is 0 Å². The number of nitrogens with zero attached hydrogens (tertiary/aromatic N) is 1. The first-order chi connectivity index (χ1) is 12.9. The monoisotopic (exact) mass is 421 g/mol. The molecule has 0 radical (unpaired) electrons. The van der Waals surface area contributed by atoms with Crippen LogP contribution in [-0.2, 0) is 11.4 Å². The molecule has 0 aromatic heterocycles. The Morgan fingerprint density at radius 1 is 1.15 bits per heavy atom. The Labute approximate surface area is 172 Å². The maximum Gasteiger partial charge on any atom is 0.293 e. The van der Waals surface area contributed by atoms with Crippen molar-refractivity contribution < 1.29 is 14.3 Å². The second kappa shape index (κ2) is 8.38. The second-order valence-electron chi connectivity index (χ2n) is 6.21. The second-order valence-corrected chi connectivity index (χ2v) is 8.04. The maximum atomic E-state index is 12.5. The van der Waals surface area contributed by atoms with Crippen molar-refractivity contribution in [3.05, 3.63) is 68.5 Å². The van der Waals surface area contributed by atoms with Crippen molar-refractivity contribution in [1.82, 2.24) is 4.90 Å². The van der Waals surface area contributed by atoms with Gasteiger partial charge in [0.2, 0.25) is 0 Å². The highest BCUT2D eigenvalue weighted by Gasteiger charge is 2.36. The Morgan fingerprint density at radius 3 is 2.56 bits per heavy atom. The van der Waals surface area contributed by atoms with Gasteiger partial charge in [-0.1, -0.05) is 47.5 Å². The van der Waals surface area contributed by atoms with Crippen molar-refractivity contribution in [3.8, 4) is 5.75 Å². The molecule has 0 unspecified atom stereocenters. The quantitative estimate of drug-likeness (QED) is 0.553. The fourth-order valence-corrected chi connectivity index (χ4v) is 4.01. The van der Waals surface area contributed by atoms with E-state index in [1.54, 1.807) is 24.3 Å². The number of carbonyl (C=O) groups excluding carboxylic acids is 2. The van der Waals surface area contributed by atoms with Crippen LogP contribution >= 0.6 is 35.0 Å². The predicted molar refractivity (Wildman–Crippen MR) is 110 cm³/mol. The molecule has 0 N–H and O–H groups in total. The lowest BCUT2D eigenvalue weighted by atomic mass is 10.1. The highest BCUT2D eigenvalue weighted by molar-refractivity contribution is 8.18. The minimum atomic E-state index is -0.282. The van der Waals surface area contributed by atoms with Crippen molar-refractivity contribution >= 4 is 52.2 Å². The van der Waals surface area contributed by atoms with Gasteiger partial charge in [0.1, 0.15) is 12.4 Å². The summed E-state index contributed by atoms with van der Waals surface area (Å²) in [5.41, 5.74) is 1.52. The van der Waals surface area contributed by atoms with E-state index in [-0.39, 0.29) is 23.8 Å². The van der Waals surface area contributed by atoms with Gasteiger partial charge in [0.25, 0.3) is 11.1 Å². The average Bonchev–Trinajstić information content (AvgIpc) is 2.89. The third-order valence-corrected chi connectivity index (χ3v) is 5.41. The lowest BCUT2D eigenvalue weighted by Gasteiger charge is -2.16. The molecule has 3 rings (SSSR count). The Bertz CT molecular complexity index is 927. The van der Waals surface area contributed by atoms with Crippen molar-refractivity contribution in [1.29, 1.82) is 0 Å². The molecule has 7 heteroatoms. The molecule has 1 heterocycles. The lowest BCUT2D eigenvalue weighted by Crippen LogP contribution is -2.34. The SMILES string of the molecule is CC(C)N1C(=O)S/C(=C/c2ccccc2OCc2ccc(Cl)cc2Cl)C1=O. The summed E-state index contributed by atoms with van der Waals surface area (Å²) >= 11 is 13.0. The largest absolute Gasteiger partial charge is 0.488 e. The standard InChI is InChI=1S/C20H17Cl2NO3S/c1-12(2)23-19(24)18(27-20(23)25)9-13-5-3-4-6-17(13)26-11-14-7-8-15(21)10-16(14)22/h3-10,12H,11H2,1-2H3/b18-9+. The third kappa shape index (κ3) is 4.49. The summed E-state index contributed by atoms with van der Waals surface area (Å²) in [6.45, 7) is 3.88. The summed E-state index contributed by atoms with van der Waals surface area (Å²) in [5.74, 6) is 0.315. The van der Waals surface area contributed by atoms with Crippen LogP contribution in [-0.4, -0.2) is 22.1 Å². The molecule has 140 valence electrons. The van der Waals surface area contributed by atoms with Gasteiger partial charge >= 0.3 is 0 Å². The number of ether oxygens (including phenoxy) is 1. The molecule has 0 bridgehead atoms. The van der Waals surface area contributed by atoms with E-state index in [4.69, 9.17) is 27.9 Å². The summed E-state index contributed by atoms with van der Waals surface area (Å²) in [6.07, 6.45) is 1.69. The molecule has 2 amide bonds. The predicted octanol–water partition coefficient (Wildman–Crippen LogP) is 6.02. The number of imide groups is 1. The van der Waals surface area contributed by atoms with E-state index in [2.05, 4.69) is 0 Å². The average molecular weight is 422 g/mol. The van der Waals surface area contributed by atoms with E-state index in [1.807, 2.05) is 38.1 Å². The van der Waals surface area contributed by atoms with Gasteiger partial charge in [-0.3, -0.25) is 14.5 Å². The molecule has 27 heavy (non-hydrogen) atoms. The van der Waals surface area contributed by atoms with Gasteiger partial charge in [-0.2, -0.15) is 0 Å². The van der Waals surface area contributed by atoms with Crippen LogP contribution in [0.4, 0.5) is 4.79 Å². The van der Waals surface area contributed by atoms with Crippen molar-refractivity contribution in [3.63, 3.8) is 0 Å². The minimum Gasteiger partial charge on any atom is -0.488 e. The molecule has 4 nitrogen and oxygen atoms in total. The number of amides is 2. The number of halogens is 2. The van der Waals surface area contributed by atoms with Gasteiger partial charge in [-0.05, 0) is 49.9 Å². The van der Waals surface area contributed by atoms with Crippen molar-refractivity contribution in [2.75, 3.05) is 0 Å². The van der Waals surface area contributed by atoms with E-state index in [9.17, 15) is 9.59 Å². The zero-order chi connectivity index (χ0) is 19.6. The number of rotatable bonds is 5. The molecule has 1 fully saturated rings. The highest BCUT2D eigenvalue weighted by Crippen LogP contribution is 2.35. The van der Waals surface area contributed by atoms with Gasteiger partial charge in [-0.25, -0.2) is 0 Å². The van der Waals surface area contributed by atoms with Gasteiger partial charge in [-0.15, -0.1) is 0 Å². The lowest BCUT2D eigenvalue weighted by molar-refractivity contribution is -0.123. The summed E-state index contributed by atoms with van der Waals surface area (Å²) in [5, 5.41) is 0.829. The van der Waals surface area contributed by atoms with E-state index in [0.29, 0.717) is 20.7 Å². The zero-order valence-electron chi connectivity index (χ0n) is 14.7. The van der Waals surface area contributed by atoms with Gasteiger partial charge < -0.3 is 4.74 Å². The van der Waals surface area contributed by atoms with E-state index < -0.39 is 0 Å². The van der Waals surface area contributed by atoms with Crippen molar-refractivity contribution in [2.45, 2.75) is 26.5 Å². The molecule has 0 saturated carbocycles. The smallest absolute Gasteiger partial charge is 0.293 e. The Balaban J connectivity index is 1.82. The number of carbonyl (C=O) groups is 2. The first kappa shape index (κ1) is 19.8. The number of para-hydroxylation sites is 1. The van der Waals surface area contributed by atoms with Crippen LogP contribution in [0.15, 0.2) is 47.4 Å². The number of hydrogen-bond acceptors (Lipinski definition) is 4. The van der Waals surface area contributed by atoms with Gasteiger partial charge in [0.05, 0.1) is 4.91 Å². The van der Waals surface area contributed by atoms with Crippen LogP contribution < -0.4 is 4.74 Å².